The molecule has 0 radical (unpaired) electrons. The first-order valence-corrected chi connectivity index (χ1v) is 5.04. The predicted molar refractivity (Wildman–Crippen MR) is 51.4 cm³/mol. The van der Waals surface area contributed by atoms with Gasteiger partial charge in [-0.2, -0.15) is 0 Å². The molecule has 1 fully saturated rings. The number of carbonyl (C=O) groups is 1. The van der Waals surface area contributed by atoms with E-state index < -0.39 is 0 Å². The van der Waals surface area contributed by atoms with E-state index in [0.29, 0.717) is 5.92 Å². The molecular weight excluding hydrogens is 172 g/mol. The molecule has 1 rings (SSSR count). The molecule has 1 nitrogen and oxygen atoms in total. The molecule has 0 bridgehead atoms. The minimum atomic E-state index is 0.161. The summed E-state index contributed by atoms with van der Waals surface area (Å²) in [4.78, 5) is 11.4. The van der Waals surface area contributed by atoms with Crippen LogP contribution in [0.4, 0.5) is 0 Å². The fraction of sp³-hybridized carbons (Fsp3) is 0.700. The van der Waals surface area contributed by atoms with Gasteiger partial charge in [-0.1, -0.05) is 18.9 Å². The van der Waals surface area contributed by atoms with E-state index in [1.165, 1.54) is 6.42 Å². The summed E-state index contributed by atoms with van der Waals surface area (Å²) in [5.74, 6) is 0.898. The third kappa shape index (κ3) is 2.10. The molecule has 0 aromatic heterocycles. The predicted octanol–water partition coefficient (Wildman–Crippen LogP) is 2.79. The Labute approximate surface area is 78.8 Å². The monoisotopic (exact) mass is 186 g/mol. The summed E-state index contributed by atoms with van der Waals surface area (Å²) in [5, 5.41) is 0. The number of halogens is 1. The van der Waals surface area contributed by atoms with Crippen LogP contribution < -0.4 is 0 Å². The molecule has 0 aliphatic heterocycles. The van der Waals surface area contributed by atoms with Crippen LogP contribution in [-0.4, -0.2) is 11.7 Å². The highest BCUT2D eigenvalue weighted by atomic mass is 35.5. The van der Waals surface area contributed by atoms with E-state index in [4.69, 9.17) is 11.6 Å². The van der Waals surface area contributed by atoms with Gasteiger partial charge in [0.15, 0.2) is 5.78 Å². The van der Waals surface area contributed by atoms with Gasteiger partial charge in [0.25, 0.3) is 0 Å². The standard InChI is InChI=1S/C10H15ClO/c1-2-8-5-3-4-6-9(8)10(12)7-11/h2,8-9H,1,3-7H2/t8-,9-/m1/s1. The first kappa shape index (κ1) is 9.79. The Balaban J connectivity index is 2.58. The van der Waals surface area contributed by atoms with Gasteiger partial charge in [0.1, 0.15) is 0 Å². The maximum Gasteiger partial charge on any atom is 0.151 e. The first-order valence-electron chi connectivity index (χ1n) is 4.51. The van der Waals surface area contributed by atoms with Crippen LogP contribution in [0.15, 0.2) is 12.7 Å². The molecule has 1 aliphatic rings. The number of ketones is 1. The molecule has 0 heterocycles. The number of allylic oxidation sites excluding steroid dienone is 1. The van der Waals surface area contributed by atoms with Gasteiger partial charge in [-0.05, 0) is 18.8 Å². The molecule has 0 spiro atoms. The highest BCUT2D eigenvalue weighted by molar-refractivity contribution is 6.27. The van der Waals surface area contributed by atoms with Crippen LogP contribution in [0.2, 0.25) is 0 Å². The Morgan fingerprint density at radius 2 is 2.17 bits per heavy atom. The van der Waals surface area contributed by atoms with Crippen molar-refractivity contribution in [3.63, 3.8) is 0 Å². The highest BCUT2D eigenvalue weighted by Crippen LogP contribution is 2.31. The van der Waals surface area contributed by atoms with Crippen molar-refractivity contribution in [3.05, 3.63) is 12.7 Å². The zero-order chi connectivity index (χ0) is 8.97. The molecule has 0 amide bonds. The Bertz CT molecular complexity index is 177. The minimum absolute atomic E-state index is 0.161. The van der Waals surface area contributed by atoms with Gasteiger partial charge in [0, 0.05) is 5.92 Å². The Morgan fingerprint density at radius 1 is 1.50 bits per heavy atom. The number of hydrogen-bond donors (Lipinski definition) is 0. The summed E-state index contributed by atoms with van der Waals surface area (Å²) in [5.41, 5.74) is 0. The lowest BCUT2D eigenvalue weighted by Crippen LogP contribution is -2.26. The van der Waals surface area contributed by atoms with Crippen LogP contribution in [-0.2, 0) is 4.79 Å². The van der Waals surface area contributed by atoms with E-state index >= 15 is 0 Å². The Hall–Kier alpha value is -0.300. The largest absolute Gasteiger partial charge is 0.298 e. The van der Waals surface area contributed by atoms with Crippen LogP contribution in [0.1, 0.15) is 25.7 Å². The number of carbonyl (C=O) groups excluding carboxylic acids is 1. The molecule has 0 unspecified atom stereocenters. The maximum absolute atomic E-state index is 11.4. The SMILES string of the molecule is C=C[C@@H]1CCCC[C@H]1C(=O)CCl. The summed E-state index contributed by atoms with van der Waals surface area (Å²) in [7, 11) is 0. The lowest BCUT2D eigenvalue weighted by molar-refractivity contribution is -0.122. The van der Waals surface area contributed by atoms with E-state index in [2.05, 4.69) is 6.58 Å². The fourth-order valence-corrected chi connectivity index (χ4v) is 2.14. The van der Waals surface area contributed by atoms with Gasteiger partial charge in [0.2, 0.25) is 0 Å². The van der Waals surface area contributed by atoms with Crippen LogP contribution in [0.25, 0.3) is 0 Å². The molecule has 68 valence electrons. The molecule has 2 atom stereocenters. The van der Waals surface area contributed by atoms with Crippen molar-refractivity contribution in [1.29, 1.82) is 0 Å². The van der Waals surface area contributed by atoms with Gasteiger partial charge >= 0.3 is 0 Å². The summed E-state index contributed by atoms with van der Waals surface area (Å²) in [6.07, 6.45) is 6.41. The topological polar surface area (TPSA) is 17.1 Å². The average Bonchev–Trinajstić information content (AvgIpc) is 2.16. The van der Waals surface area contributed by atoms with Gasteiger partial charge in [-0.3, -0.25) is 4.79 Å². The molecular formula is C10H15ClO. The molecule has 12 heavy (non-hydrogen) atoms. The van der Waals surface area contributed by atoms with Crippen molar-refractivity contribution in [2.24, 2.45) is 11.8 Å². The van der Waals surface area contributed by atoms with Gasteiger partial charge < -0.3 is 0 Å². The molecule has 0 saturated heterocycles. The first-order chi connectivity index (χ1) is 5.79. The van der Waals surface area contributed by atoms with Gasteiger partial charge in [0.05, 0.1) is 5.88 Å². The van der Waals surface area contributed by atoms with E-state index in [1.807, 2.05) is 6.08 Å². The maximum atomic E-state index is 11.4. The number of alkyl halides is 1. The second-order valence-electron chi connectivity index (χ2n) is 3.39. The summed E-state index contributed by atoms with van der Waals surface area (Å²) < 4.78 is 0. The van der Waals surface area contributed by atoms with Crippen LogP contribution >= 0.6 is 11.6 Å². The molecule has 1 aliphatic carbocycles. The molecule has 2 heteroatoms. The Morgan fingerprint density at radius 3 is 2.75 bits per heavy atom. The third-order valence-electron chi connectivity index (χ3n) is 2.67. The number of rotatable bonds is 3. The lowest BCUT2D eigenvalue weighted by Gasteiger charge is -2.27. The summed E-state index contributed by atoms with van der Waals surface area (Å²) in [6, 6.07) is 0. The fourth-order valence-electron chi connectivity index (χ4n) is 1.94. The average molecular weight is 187 g/mol. The van der Waals surface area contributed by atoms with Gasteiger partial charge in [-0.25, -0.2) is 0 Å². The summed E-state index contributed by atoms with van der Waals surface area (Å²) >= 11 is 5.52. The van der Waals surface area contributed by atoms with Crippen molar-refractivity contribution < 1.29 is 4.79 Å². The van der Waals surface area contributed by atoms with E-state index in [-0.39, 0.29) is 17.6 Å². The van der Waals surface area contributed by atoms with Crippen LogP contribution in [0, 0.1) is 11.8 Å². The Kier molecular flexibility index (Phi) is 3.80. The zero-order valence-electron chi connectivity index (χ0n) is 7.26. The second kappa shape index (κ2) is 4.66. The molecule has 0 aromatic carbocycles. The van der Waals surface area contributed by atoms with E-state index in [0.717, 1.165) is 19.3 Å². The highest BCUT2D eigenvalue weighted by Gasteiger charge is 2.27. The molecule has 1 saturated carbocycles. The second-order valence-corrected chi connectivity index (χ2v) is 3.66. The number of Topliss-reactive ketones (excluding diaryl/α,β-unsaturated/α-hetero) is 1. The van der Waals surface area contributed by atoms with Gasteiger partial charge in [-0.15, -0.1) is 18.2 Å². The van der Waals surface area contributed by atoms with E-state index in [9.17, 15) is 4.79 Å². The molecule has 0 N–H and O–H groups in total. The van der Waals surface area contributed by atoms with Crippen molar-refractivity contribution >= 4 is 17.4 Å². The zero-order valence-corrected chi connectivity index (χ0v) is 8.02. The summed E-state index contributed by atoms with van der Waals surface area (Å²) in [6.45, 7) is 3.76. The smallest absolute Gasteiger partial charge is 0.151 e. The minimum Gasteiger partial charge on any atom is -0.298 e. The van der Waals surface area contributed by atoms with Crippen LogP contribution in [0.5, 0.6) is 0 Å². The van der Waals surface area contributed by atoms with Crippen molar-refractivity contribution in [1.82, 2.24) is 0 Å². The quantitative estimate of drug-likeness (QED) is 0.490. The third-order valence-corrected chi connectivity index (χ3v) is 2.93. The lowest BCUT2D eigenvalue weighted by atomic mass is 9.77. The van der Waals surface area contributed by atoms with Crippen molar-refractivity contribution in [2.45, 2.75) is 25.7 Å². The normalized spacial score (nSPS) is 29.8. The van der Waals surface area contributed by atoms with Crippen LogP contribution in [0.3, 0.4) is 0 Å². The number of hydrogen-bond acceptors (Lipinski definition) is 1. The van der Waals surface area contributed by atoms with E-state index in [1.54, 1.807) is 0 Å². The van der Waals surface area contributed by atoms with Crippen molar-refractivity contribution in [3.8, 4) is 0 Å². The molecule has 0 aromatic rings. The van der Waals surface area contributed by atoms with Crippen molar-refractivity contribution in [2.75, 3.05) is 5.88 Å².